The molecule has 2 aromatic rings. The molecule has 6 heteroatoms. The lowest BCUT2D eigenvalue weighted by Gasteiger charge is -2.10. The molecule has 2 aromatic carbocycles. The number of phenols is 2. The van der Waals surface area contributed by atoms with Crippen LogP contribution in [0.5, 0.6) is 17.2 Å². The van der Waals surface area contributed by atoms with Gasteiger partial charge in [0.2, 0.25) is 0 Å². The van der Waals surface area contributed by atoms with E-state index in [1.807, 2.05) is 0 Å². The standard InChI is InChI=1S/C15H16N2O4/c16-10-3-1-4-11(9-10)21-8-7-17-15(20)14-12(18)5-2-6-13(14)19/h1-6,9,18-19H,7-8,16H2,(H,17,20). The lowest BCUT2D eigenvalue weighted by Crippen LogP contribution is -2.28. The maximum absolute atomic E-state index is 11.8. The number of ether oxygens (including phenoxy) is 1. The van der Waals surface area contributed by atoms with E-state index in [4.69, 9.17) is 10.5 Å². The fourth-order valence-electron chi connectivity index (χ4n) is 1.79. The summed E-state index contributed by atoms with van der Waals surface area (Å²) in [5, 5.41) is 21.7. The summed E-state index contributed by atoms with van der Waals surface area (Å²) >= 11 is 0. The molecule has 1 amide bonds. The fraction of sp³-hybridized carbons (Fsp3) is 0.133. The molecule has 0 aliphatic carbocycles. The molecule has 0 saturated carbocycles. The third-order valence-electron chi connectivity index (χ3n) is 2.76. The Hall–Kier alpha value is -2.89. The van der Waals surface area contributed by atoms with Gasteiger partial charge in [0, 0.05) is 11.8 Å². The molecule has 2 rings (SSSR count). The monoisotopic (exact) mass is 288 g/mol. The Bertz CT molecular complexity index is 623. The van der Waals surface area contributed by atoms with E-state index < -0.39 is 5.91 Å². The number of hydrogen-bond acceptors (Lipinski definition) is 5. The zero-order valence-corrected chi connectivity index (χ0v) is 11.2. The number of benzene rings is 2. The average molecular weight is 288 g/mol. The maximum Gasteiger partial charge on any atom is 0.258 e. The van der Waals surface area contributed by atoms with Crippen molar-refractivity contribution in [2.75, 3.05) is 18.9 Å². The third-order valence-corrected chi connectivity index (χ3v) is 2.76. The first-order chi connectivity index (χ1) is 10.1. The van der Waals surface area contributed by atoms with Crippen molar-refractivity contribution in [2.45, 2.75) is 0 Å². The van der Waals surface area contributed by atoms with Gasteiger partial charge < -0.3 is 26.0 Å². The van der Waals surface area contributed by atoms with Crippen molar-refractivity contribution in [2.24, 2.45) is 0 Å². The van der Waals surface area contributed by atoms with Gasteiger partial charge in [-0.1, -0.05) is 12.1 Å². The molecule has 0 spiro atoms. The normalized spacial score (nSPS) is 10.1. The first-order valence-electron chi connectivity index (χ1n) is 6.35. The van der Waals surface area contributed by atoms with Gasteiger partial charge in [-0.3, -0.25) is 4.79 Å². The van der Waals surface area contributed by atoms with Gasteiger partial charge in [-0.05, 0) is 24.3 Å². The van der Waals surface area contributed by atoms with E-state index in [1.54, 1.807) is 24.3 Å². The van der Waals surface area contributed by atoms with Crippen LogP contribution in [0.25, 0.3) is 0 Å². The molecular formula is C15H16N2O4. The topological polar surface area (TPSA) is 105 Å². The van der Waals surface area contributed by atoms with Crippen LogP contribution >= 0.6 is 0 Å². The number of carbonyl (C=O) groups is 1. The van der Waals surface area contributed by atoms with Crippen molar-refractivity contribution < 1.29 is 19.7 Å². The molecule has 0 saturated heterocycles. The van der Waals surface area contributed by atoms with Crippen molar-refractivity contribution >= 4 is 11.6 Å². The zero-order chi connectivity index (χ0) is 15.2. The molecule has 110 valence electrons. The predicted octanol–water partition coefficient (Wildman–Crippen LogP) is 1.49. The first-order valence-corrected chi connectivity index (χ1v) is 6.35. The molecule has 0 aliphatic rings. The number of carbonyl (C=O) groups excluding carboxylic acids is 1. The minimum atomic E-state index is -0.568. The largest absolute Gasteiger partial charge is 0.507 e. The van der Waals surface area contributed by atoms with Gasteiger partial charge in [-0.15, -0.1) is 0 Å². The van der Waals surface area contributed by atoms with Gasteiger partial charge in [0.25, 0.3) is 5.91 Å². The third kappa shape index (κ3) is 3.79. The quantitative estimate of drug-likeness (QED) is 0.493. The SMILES string of the molecule is Nc1cccc(OCCNC(=O)c2c(O)cccc2O)c1. The van der Waals surface area contributed by atoms with Crippen LogP contribution in [0.15, 0.2) is 42.5 Å². The van der Waals surface area contributed by atoms with Crippen molar-refractivity contribution in [1.82, 2.24) is 5.32 Å². The number of nitrogens with one attached hydrogen (secondary N) is 1. The molecule has 0 atom stereocenters. The second-order valence-electron chi connectivity index (χ2n) is 4.35. The van der Waals surface area contributed by atoms with Crippen LogP contribution < -0.4 is 15.8 Å². The van der Waals surface area contributed by atoms with Gasteiger partial charge in [0.15, 0.2) is 0 Å². The summed E-state index contributed by atoms with van der Waals surface area (Å²) in [4.78, 5) is 11.8. The van der Waals surface area contributed by atoms with Crippen LogP contribution in [0.4, 0.5) is 5.69 Å². The summed E-state index contributed by atoms with van der Waals surface area (Å²) in [6.45, 7) is 0.463. The van der Waals surface area contributed by atoms with Gasteiger partial charge in [0.1, 0.15) is 29.4 Å². The fourth-order valence-corrected chi connectivity index (χ4v) is 1.79. The van der Waals surface area contributed by atoms with E-state index in [2.05, 4.69) is 5.32 Å². The molecule has 21 heavy (non-hydrogen) atoms. The summed E-state index contributed by atoms with van der Waals surface area (Å²) in [5.74, 6) is -0.509. The minimum Gasteiger partial charge on any atom is -0.507 e. The van der Waals surface area contributed by atoms with Crippen LogP contribution in [0.1, 0.15) is 10.4 Å². The number of amides is 1. The number of nitrogen functional groups attached to an aromatic ring is 1. The van der Waals surface area contributed by atoms with E-state index in [-0.39, 0.29) is 30.2 Å². The molecule has 0 aromatic heterocycles. The van der Waals surface area contributed by atoms with Gasteiger partial charge in [-0.25, -0.2) is 0 Å². The number of nitrogens with two attached hydrogens (primary N) is 1. The molecular weight excluding hydrogens is 272 g/mol. The Morgan fingerprint density at radius 2 is 1.81 bits per heavy atom. The average Bonchev–Trinajstić information content (AvgIpc) is 2.43. The summed E-state index contributed by atoms with van der Waals surface area (Å²) in [6, 6.07) is 11.1. The highest BCUT2D eigenvalue weighted by molar-refractivity contribution is 5.99. The van der Waals surface area contributed by atoms with Crippen molar-refractivity contribution in [3.8, 4) is 17.2 Å². The lowest BCUT2D eigenvalue weighted by molar-refractivity contribution is 0.0941. The Balaban J connectivity index is 1.85. The van der Waals surface area contributed by atoms with Crippen molar-refractivity contribution in [3.05, 3.63) is 48.0 Å². The molecule has 0 fully saturated rings. The number of phenolic OH excluding ortho intramolecular Hbond substituents is 2. The molecule has 0 bridgehead atoms. The summed E-state index contributed by atoms with van der Waals surface area (Å²) in [6.07, 6.45) is 0. The summed E-state index contributed by atoms with van der Waals surface area (Å²) < 4.78 is 5.41. The van der Waals surface area contributed by atoms with E-state index in [0.717, 1.165) is 0 Å². The van der Waals surface area contributed by atoms with Crippen LogP contribution in [0, 0.1) is 0 Å². The van der Waals surface area contributed by atoms with Gasteiger partial charge in [-0.2, -0.15) is 0 Å². The highest BCUT2D eigenvalue weighted by Gasteiger charge is 2.15. The van der Waals surface area contributed by atoms with Gasteiger partial charge in [0.05, 0.1) is 6.54 Å². The highest BCUT2D eigenvalue weighted by Crippen LogP contribution is 2.25. The Labute approximate surface area is 121 Å². The second-order valence-corrected chi connectivity index (χ2v) is 4.35. The van der Waals surface area contributed by atoms with E-state index in [0.29, 0.717) is 11.4 Å². The number of anilines is 1. The first kappa shape index (κ1) is 14.5. The number of rotatable bonds is 5. The van der Waals surface area contributed by atoms with E-state index >= 15 is 0 Å². The van der Waals surface area contributed by atoms with Crippen LogP contribution in [0.2, 0.25) is 0 Å². The van der Waals surface area contributed by atoms with Crippen LogP contribution in [-0.4, -0.2) is 29.3 Å². The molecule has 0 unspecified atom stereocenters. The highest BCUT2D eigenvalue weighted by atomic mass is 16.5. The number of hydrogen-bond donors (Lipinski definition) is 4. The predicted molar refractivity (Wildman–Crippen MR) is 78.5 cm³/mol. The van der Waals surface area contributed by atoms with E-state index in [1.165, 1.54) is 18.2 Å². The van der Waals surface area contributed by atoms with Gasteiger partial charge >= 0.3 is 0 Å². The molecule has 0 aliphatic heterocycles. The summed E-state index contributed by atoms with van der Waals surface area (Å²) in [5.41, 5.74) is 6.06. The lowest BCUT2D eigenvalue weighted by atomic mass is 10.1. The zero-order valence-electron chi connectivity index (χ0n) is 11.2. The summed E-state index contributed by atoms with van der Waals surface area (Å²) in [7, 11) is 0. The molecule has 0 radical (unpaired) electrons. The number of aromatic hydroxyl groups is 2. The Morgan fingerprint density at radius 3 is 2.48 bits per heavy atom. The van der Waals surface area contributed by atoms with Crippen LogP contribution in [-0.2, 0) is 0 Å². The molecule has 6 nitrogen and oxygen atoms in total. The molecule has 0 heterocycles. The minimum absolute atomic E-state index is 0.151. The second kappa shape index (κ2) is 6.51. The van der Waals surface area contributed by atoms with Crippen molar-refractivity contribution in [1.29, 1.82) is 0 Å². The smallest absolute Gasteiger partial charge is 0.258 e. The maximum atomic E-state index is 11.8. The van der Waals surface area contributed by atoms with E-state index in [9.17, 15) is 15.0 Å². The van der Waals surface area contributed by atoms with Crippen molar-refractivity contribution in [3.63, 3.8) is 0 Å². The Morgan fingerprint density at radius 1 is 1.14 bits per heavy atom. The van der Waals surface area contributed by atoms with Crippen LogP contribution in [0.3, 0.4) is 0 Å². The Kier molecular flexibility index (Phi) is 4.50. The molecule has 5 N–H and O–H groups in total.